The molecule has 1 amide bonds. The number of para-hydroxylation sites is 1. The van der Waals surface area contributed by atoms with Gasteiger partial charge >= 0.3 is 0 Å². The third-order valence-electron chi connectivity index (χ3n) is 3.23. The van der Waals surface area contributed by atoms with Crippen LogP contribution in [0.1, 0.15) is 32.8 Å². The number of nitrogens with one attached hydrogen (secondary N) is 1. The quantitative estimate of drug-likeness (QED) is 0.757. The summed E-state index contributed by atoms with van der Waals surface area (Å²) in [5, 5.41) is 2.86. The number of carbonyl (C=O) groups is 1. The molecule has 1 aromatic carbocycles. The van der Waals surface area contributed by atoms with E-state index in [4.69, 9.17) is 22.7 Å². The first kappa shape index (κ1) is 16.4. The largest absolute Gasteiger partial charge is 0.483 e. The first-order valence-corrected chi connectivity index (χ1v) is 7.05. The molecule has 0 aliphatic heterocycles. The lowest BCUT2D eigenvalue weighted by Crippen LogP contribution is -2.36. The lowest BCUT2D eigenvalue weighted by atomic mass is 9.90. The minimum absolute atomic E-state index is 0.0422. The number of hydrogen-bond acceptors (Lipinski definition) is 3. The first-order valence-electron chi connectivity index (χ1n) is 6.64. The molecule has 3 N–H and O–H groups in total. The smallest absolute Gasteiger partial charge is 0.257 e. The first-order chi connectivity index (χ1) is 9.35. The van der Waals surface area contributed by atoms with E-state index in [1.165, 1.54) is 0 Å². The second-order valence-electron chi connectivity index (χ2n) is 5.44. The van der Waals surface area contributed by atoms with E-state index in [1.807, 2.05) is 12.1 Å². The van der Waals surface area contributed by atoms with Crippen LogP contribution in [0.25, 0.3) is 0 Å². The van der Waals surface area contributed by atoms with Crippen molar-refractivity contribution in [3.8, 4) is 5.75 Å². The van der Waals surface area contributed by atoms with Gasteiger partial charge in [0.05, 0.1) is 5.56 Å². The van der Waals surface area contributed by atoms with Crippen molar-refractivity contribution in [3.05, 3.63) is 29.8 Å². The Morgan fingerprint density at radius 3 is 2.65 bits per heavy atom. The molecule has 0 unspecified atom stereocenters. The van der Waals surface area contributed by atoms with Crippen LogP contribution < -0.4 is 15.8 Å². The van der Waals surface area contributed by atoms with E-state index in [1.54, 1.807) is 12.1 Å². The minimum Gasteiger partial charge on any atom is -0.483 e. The van der Waals surface area contributed by atoms with Crippen LogP contribution in [0.2, 0.25) is 0 Å². The topological polar surface area (TPSA) is 64.3 Å². The molecule has 0 heterocycles. The van der Waals surface area contributed by atoms with Crippen molar-refractivity contribution in [2.75, 3.05) is 13.2 Å². The molecule has 1 rings (SSSR count). The number of rotatable bonds is 7. The molecule has 20 heavy (non-hydrogen) atoms. The van der Waals surface area contributed by atoms with Gasteiger partial charge in [-0.05, 0) is 24.0 Å². The normalized spacial score (nSPS) is 10.9. The standard InChI is InChI=1S/C15H22N2O2S/c1-4-15(2,3)10-17-13(18)9-19-12-8-6-5-7-11(12)14(16)20/h5-8H,4,9-10H2,1-3H3,(H2,16,20)(H,17,18). The van der Waals surface area contributed by atoms with Crippen LogP contribution in [-0.2, 0) is 4.79 Å². The van der Waals surface area contributed by atoms with Crippen molar-refractivity contribution in [3.63, 3.8) is 0 Å². The summed E-state index contributed by atoms with van der Waals surface area (Å²) in [6, 6.07) is 7.16. The van der Waals surface area contributed by atoms with Crippen LogP contribution in [0, 0.1) is 5.41 Å². The molecule has 0 aliphatic rings. The van der Waals surface area contributed by atoms with Gasteiger partial charge in [-0.2, -0.15) is 0 Å². The maximum atomic E-state index is 11.8. The summed E-state index contributed by atoms with van der Waals surface area (Å²) in [6.45, 7) is 6.90. The highest BCUT2D eigenvalue weighted by Gasteiger charge is 2.16. The van der Waals surface area contributed by atoms with Crippen LogP contribution in [0.4, 0.5) is 0 Å². The van der Waals surface area contributed by atoms with Crippen molar-refractivity contribution in [1.29, 1.82) is 0 Å². The van der Waals surface area contributed by atoms with Crippen LogP contribution in [0.3, 0.4) is 0 Å². The molecular formula is C15H22N2O2S. The zero-order chi connectivity index (χ0) is 15.2. The molecule has 0 radical (unpaired) electrons. The van der Waals surface area contributed by atoms with Gasteiger partial charge in [0.25, 0.3) is 5.91 Å². The van der Waals surface area contributed by atoms with Gasteiger partial charge in [-0.25, -0.2) is 0 Å². The Morgan fingerprint density at radius 1 is 1.40 bits per heavy atom. The molecule has 0 aliphatic carbocycles. The molecule has 0 fully saturated rings. The third-order valence-corrected chi connectivity index (χ3v) is 3.45. The third kappa shape index (κ3) is 5.17. The van der Waals surface area contributed by atoms with Crippen molar-refractivity contribution in [1.82, 2.24) is 5.32 Å². The van der Waals surface area contributed by atoms with Crippen LogP contribution in [0.5, 0.6) is 5.75 Å². The van der Waals surface area contributed by atoms with Gasteiger partial charge in [0, 0.05) is 6.54 Å². The molecule has 4 nitrogen and oxygen atoms in total. The van der Waals surface area contributed by atoms with Gasteiger partial charge in [-0.15, -0.1) is 0 Å². The van der Waals surface area contributed by atoms with E-state index in [9.17, 15) is 4.79 Å². The van der Waals surface area contributed by atoms with E-state index < -0.39 is 0 Å². The second-order valence-corrected chi connectivity index (χ2v) is 5.88. The number of amides is 1. The Bertz CT molecular complexity index is 487. The van der Waals surface area contributed by atoms with Gasteiger partial charge in [-0.1, -0.05) is 45.1 Å². The highest BCUT2D eigenvalue weighted by molar-refractivity contribution is 7.80. The van der Waals surface area contributed by atoms with Gasteiger partial charge in [0.1, 0.15) is 10.7 Å². The van der Waals surface area contributed by atoms with Gasteiger partial charge < -0.3 is 15.8 Å². The Morgan fingerprint density at radius 2 is 2.05 bits per heavy atom. The van der Waals surface area contributed by atoms with E-state index in [0.717, 1.165) is 6.42 Å². The molecule has 5 heteroatoms. The summed E-state index contributed by atoms with van der Waals surface area (Å²) in [6.07, 6.45) is 0.998. The average Bonchev–Trinajstić information content (AvgIpc) is 2.43. The lowest BCUT2D eigenvalue weighted by molar-refractivity contribution is -0.123. The summed E-state index contributed by atoms with van der Waals surface area (Å²) in [5.41, 5.74) is 6.34. The van der Waals surface area contributed by atoms with Crippen molar-refractivity contribution in [2.24, 2.45) is 11.1 Å². The number of benzene rings is 1. The summed E-state index contributed by atoms with van der Waals surface area (Å²) in [7, 11) is 0. The number of nitrogens with two attached hydrogens (primary N) is 1. The Kier molecular flexibility index (Phi) is 5.95. The average molecular weight is 294 g/mol. The van der Waals surface area contributed by atoms with E-state index in [2.05, 4.69) is 26.1 Å². The Balaban J connectivity index is 2.52. The lowest BCUT2D eigenvalue weighted by Gasteiger charge is -2.22. The second kappa shape index (κ2) is 7.24. The molecule has 110 valence electrons. The zero-order valence-electron chi connectivity index (χ0n) is 12.2. The summed E-state index contributed by atoms with van der Waals surface area (Å²) < 4.78 is 5.48. The number of hydrogen-bond donors (Lipinski definition) is 2. The minimum atomic E-state index is -0.149. The molecular weight excluding hydrogens is 272 g/mol. The fourth-order valence-corrected chi connectivity index (χ4v) is 1.62. The van der Waals surface area contributed by atoms with Crippen LogP contribution >= 0.6 is 12.2 Å². The SMILES string of the molecule is CCC(C)(C)CNC(=O)COc1ccccc1C(N)=S. The van der Waals surface area contributed by atoms with Crippen LogP contribution in [0.15, 0.2) is 24.3 Å². The summed E-state index contributed by atoms with van der Waals surface area (Å²) in [5.74, 6) is 0.383. The highest BCUT2D eigenvalue weighted by atomic mass is 32.1. The fraction of sp³-hybridized carbons (Fsp3) is 0.467. The van der Waals surface area contributed by atoms with Crippen molar-refractivity contribution >= 4 is 23.1 Å². The summed E-state index contributed by atoms with van der Waals surface area (Å²) in [4.78, 5) is 12.0. The van der Waals surface area contributed by atoms with E-state index in [-0.39, 0.29) is 22.9 Å². The maximum absolute atomic E-state index is 11.8. The van der Waals surface area contributed by atoms with Gasteiger partial charge in [0.2, 0.25) is 0 Å². The highest BCUT2D eigenvalue weighted by Crippen LogP contribution is 2.18. The van der Waals surface area contributed by atoms with Crippen molar-refractivity contribution in [2.45, 2.75) is 27.2 Å². The zero-order valence-corrected chi connectivity index (χ0v) is 13.0. The molecule has 0 atom stereocenters. The summed E-state index contributed by atoms with van der Waals surface area (Å²) >= 11 is 4.94. The molecule has 0 saturated carbocycles. The monoisotopic (exact) mass is 294 g/mol. The van der Waals surface area contributed by atoms with Gasteiger partial charge in [0.15, 0.2) is 6.61 Å². The maximum Gasteiger partial charge on any atom is 0.257 e. The molecule has 0 saturated heterocycles. The predicted molar refractivity (Wildman–Crippen MR) is 84.9 cm³/mol. The van der Waals surface area contributed by atoms with E-state index in [0.29, 0.717) is 17.9 Å². The fourth-order valence-electron chi connectivity index (χ4n) is 1.45. The molecule has 1 aromatic rings. The predicted octanol–water partition coefficient (Wildman–Crippen LogP) is 2.25. The van der Waals surface area contributed by atoms with Gasteiger partial charge in [-0.3, -0.25) is 4.79 Å². The molecule has 0 spiro atoms. The Hall–Kier alpha value is -1.62. The number of ether oxygens (including phenoxy) is 1. The van der Waals surface area contributed by atoms with Crippen LogP contribution in [-0.4, -0.2) is 24.0 Å². The number of carbonyl (C=O) groups excluding carboxylic acids is 1. The molecule has 0 bridgehead atoms. The molecule has 0 aromatic heterocycles. The van der Waals surface area contributed by atoms with E-state index >= 15 is 0 Å². The number of thiocarbonyl (C=S) groups is 1. The Labute approximate surface area is 125 Å². The van der Waals surface area contributed by atoms with Crippen molar-refractivity contribution < 1.29 is 9.53 Å².